The van der Waals surface area contributed by atoms with E-state index >= 15 is 0 Å². The number of fused-ring (bicyclic) bond motifs is 2. The van der Waals surface area contributed by atoms with E-state index in [2.05, 4.69) is 20.6 Å². The third-order valence-electron chi connectivity index (χ3n) is 6.61. The van der Waals surface area contributed by atoms with Crippen molar-refractivity contribution in [3.05, 3.63) is 48.2 Å². The van der Waals surface area contributed by atoms with Crippen LogP contribution >= 0.6 is 11.8 Å². The van der Waals surface area contributed by atoms with E-state index < -0.39 is 23.4 Å². The molecule has 220 valence electrons. The lowest BCUT2D eigenvalue weighted by Gasteiger charge is -2.36. The number of ketones is 1. The Morgan fingerprint density at radius 3 is 2.48 bits per heavy atom. The second-order valence-electron chi connectivity index (χ2n) is 9.42. The van der Waals surface area contributed by atoms with E-state index in [1.165, 1.54) is 18.9 Å². The van der Waals surface area contributed by atoms with Crippen LogP contribution in [0.3, 0.4) is 0 Å². The average Bonchev–Trinajstić information content (AvgIpc) is 2.98. The minimum absolute atomic E-state index is 0.0826. The molecular weight excluding hydrogens is 570 g/mol. The number of pyridine rings is 2. The van der Waals surface area contributed by atoms with Gasteiger partial charge in [0, 0.05) is 35.8 Å². The molecule has 5 N–H and O–H groups in total. The van der Waals surface area contributed by atoms with E-state index in [1.54, 1.807) is 36.5 Å². The van der Waals surface area contributed by atoms with E-state index in [9.17, 15) is 19.5 Å². The highest BCUT2D eigenvalue weighted by Crippen LogP contribution is 2.32. The van der Waals surface area contributed by atoms with Crippen LogP contribution in [0.4, 0.5) is 11.4 Å². The van der Waals surface area contributed by atoms with Crippen LogP contribution < -0.4 is 15.4 Å². The van der Waals surface area contributed by atoms with Gasteiger partial charge in [-0.2, -0.15) is 0 Å². The van der Waals surface area contributed by atoms with Gasteiger partial charge < -0.3 is 30.7 Å². The van der Waals surface area contributed by atoms with Gasteiger partial charge in [-0.25, -0.2) is 14.6 Å². The molecule has 0 saturated carbocycles. The maximum Gasteiger partial charge on any atom is 0.414 e. The van der Waals surface area contributed by atoms with E-state index in [4.69, 9.17) is 24.5 Å². The van der Waals surface area contributed by atoms with Gasteiger partial charge in [-0.3, -0.25) is 24.3 Å². The number of nitrogens with zero attached hydrogens (tertiary/aromatic N) is 3. The summed E-state index contributed by atoms with van der Waals surface area (Å²) in [5.41, 5.74) is 1.10. The monoisotopic (exact) mass is 597 g/mol. The maximum absolute atomic E-state index is 13.0. The van der Waals surface area contributed by atoms with Crippen molar-refractivity contribution in [3.8, 4) is 5.88 Å². The molecule has 0 unspecified atom stereocenters. The van der Waals surface area contributed by atoms with Crippen molar-refractivity contribution in [1.82, 2.24) is 14.9 Å². The molecule has 4 heterocycles. The number of carboxylic acids is 2. The number of Topliss-reactive ketones (excluding diaryl/α,β-unsaturated/α-hetero) is 1. The number of piperidine rings is 1. The van der Waals surface area contributed by atoms with Gasteiger partial charge >= 0.3 is 11.9 Å². The fourth-order valence-corrected chi connectivity index (χ4v) is 5.11. The predicted octanol–water partition coefficient (Wildman–Crippen LogP) is 1.49. The number of nitrogens with one attached hydrogen (secondary N) is 2. The third kappa shape index (κ3) is 7.18. The number of hydrogen-bond acceptors (Lipinski definition) is 11. The molecule has 5 rings (SSSR count). The first-order valence-electron chi connectivity index (χ1n) is 12.6. The van der Waals surface area contributed by atoms with Crippen molar-refractivity contribution < 1.29 is 44.0 Å². The molecule has 0 bridgehead atoms. The van der Waals surface area contributed by atoms with Crippen molar-refractivity contribution in [1.29, 1.82) is 0 Å². The predicted molar refractivity (Wildman–Crippen MR) is 151 cm³/mol. The topological polar surface area (TPSA) is 208 Å². The SMILES string of the molecule is COc1ccc2nccc(NC(=O)C3(O)CCN(CC(=O)c4ccc5c(c4)NC(=O)CS5)CC3)c2n1.O=C(O)C(=O)O. The van der Waals surface area contributed by atoms with Crippen LogP contribution in [0.15, 0.2) is 47.5 Å². The molecule has 0 aliphatic carbocycles. The van der Waals surface area contributed by atoms with Gasteiger partial charge in [-0.05, 0) is 37.1 Å². The Morgan fingerprint density at radius 1 is 1.10 bits per heavy atom. The molecule has 1 fully saturated rings. The summed E-state index contributed by atoms with van der Waals surface area (Å²) in [6.07, 6.45) is 1.93. The van der Waals surface area contributed by atoms with Gasteiger partial charge in [0.15, 0.2) is 5.78 Å². The highest BCUT2D eigenvalue weighted by atomic mass is 32.2. The Morgan fingerprint density at radius 2 is 1.81 bits per heavy atom. The van der Waals surface area contributed by atoms with Crippen molar-refractivity contribution in [2.24, 2.45) is 0 Å². The van der Waals surface area contributed by atoms with Crippen LogP contribution in [0.25, 0.3) is 11.0 Å². The Balaban J connectivity index is 0.000000612. The number of carbonyl (C=O) groups excluding carboxylic acids is 3. The Labute approximate surface area is 243 Å². The number of aromatic nitrogens is 2. The number of carboxylic acid groups (broad SMARTS) is 2. The first-order chi connectivity index (χ1) is 20.0. The fraction of sp³-hybridized carbons (Fsp3) is 0.296. The lowest BCUT2D eigenvalue weighted by atomic mass is 9.90. The summed E-state index contributed by atoms with van der Waals surface area (Å²) in [4.78, 5) is 67.2. The highest BCUT2D eigenvalue weighted by Gasteiger charge is 2.40. The first kappa shape index (κ1) is 30.4. The summed E-state index contributed by atoms with van der Waals surface area (Å²) >= 11 is 1.45. The molecule has 42 heavy (non-hydrogen) atoms. The number of benzene rings is 1. The molecule has 1 saturated heterocycles. The Hall–Kier alpha value is -4.60. The fourth-order valence-electron chi connectivity index (χ4n) is 4.32. The number of anilines is 2. The van der Waals surface area contributed by atoms with E-state index in [-0.39, 0.29) is 31.1 Å². The van der Waals surface area contributed by atoms with Crippen LogP contribution in [0.1, 0.15) is 23.2 Å². The van der Waals surface area contributed by atoms with Gasteiger partial charge in [0.2, 0.25) is 11.8 Å². The molecule has 14 nitrogen and oxygen atoms in total. The van der Waals surface area contributed by atoms with Crippen LogP contribution in [0, 0.1) is 0 Å². The zero-order chi connectivity index (χ0) is 30.4. The van der Waals surface area contributed by atoms with Crippen molar-refractivity contribution in [2.75, 3.05) is 43.1 Å². The molecule has 2 amide bonds. The van der Waals surface area contributed by atoms with Gasteiger partial charge in [0.05, 0.1) is 36.3 Å². The van der Waals surface area contributed by atoms with E-state index in [0.717, 1.165) is 4.90 Å². The van der Waals surface area contributed by atoms with Gasteiger partial charge in [0.25, 0.3) is 5.91 Å². The second-order valence-corrected chi connectivity index (χ2v) is 10.4. The summed E-state index contributed by atoms with van der Waals surface area (Å²) < 4.78 is 5.17. The number of methoxy groups -OCH3 is 1. The van der Waals surface area contributed by atoms with Crippen molar-refractivity contribution in [3.63, 3.8) is 0 Å². The Kier molecular flexibility index (Phi) is 9.35. The number of amides is 2. The minimum atomic E-state index is -1.82. The first-order valence-corrected chi connectivity index (χ1v) is 13.6. The van der Waals surface area contributed by atoms with Crippen LogP contribution in [-0.2, 0) is 19.2 Å². The van der Waals surface area contributed by atoms with E-state index in [1.807, 2.05) is 11.0 Å². The quantitative estimate of drug-likeness (QED) is 0.202. The summed E-state index contributed by atoms with van der Waals surface area (Å²) in [6.45, 7) is 0.934. The number of thioether (sulfide) groups is 1. The number of carbonyl (C=O) groups is 5. The molecule has 15 heteroatoms. The number of aliphatic carboxylic acids is 2. The van der Waals surface area contributed by atoms with Gasteiger partial charge in [0.1, 0.15) is 11.1 Å². The zero-order valence-corrected chi connectivity index (χ0v) is 23.1. The van der Waals surface area contributed by atoms with Crippen LogP contribution in [-0.4, -0.2) is 97.8 Å². The largest absolute Gasteiger partial charge is 0.481 e. The summed E-state index contributed by atoms with van der Waals surface area (Å²) in [6, 6.07) is 10.4. The lowest BCUT2D eigenvalue weighted by Crippen LogP contribution is -2.52. The average molecular weight is 598 g/mol. The van der Waals surface area contributed by atoms with Crippen molar-refractivity contribution in [2.45, 2.75) is 23.3 Å². The van der Waals surface area contributed by atoms with Crippen molar-refractivity contribution >= 4 is 63.7 Å². The van der Waals surface area contributed by atoms with Gasteiger partial charge in [-0.15, -0.1) is 11.8 Å². The lowest BCUT2D eigenvalue weighted by molar-refractivity contribution is -0.159. The zero-order valence-electron chi connectivity index (χ0n) is 22.3. The third-order valence-corrected chi connectivity index (χ3v) is 7.68. The molecule has 1 aromatic carbocycles. The highest BCUT2D eigenvalue weighted by molar-refractivity contribution is 8.00. The smallest absolute Gasteiger partial charge is 0.414 e. The number of likely N-dealkylation sites (tertiary alicyclic amines) is 1. The van der Waals surface area contributed by atoms with E-state index in [0.29, 0.717) is 52.7 Å². The molecular formula is C27H27N5O9S. The maximum atomic E-state index is 13.0. The minimum Gasteiger partial charge on any atom is -0.481 e. The standard InChI is InChI=1S/C25H25N5O5S.C2H2O4/c1-35-22-5-3-16-23(29-22)17(6-9-26-16)28-24(33)25(34)7-10-30(11-8-25)13-19(31)15-2-4-20-18(12-15)27-21(32)14-36-20;3-1(4)2(5)6/h2-6,9,12,34H,7-8,10-11,13-14H2,1H3,(H,27,32)(H,26,28,33);(H,3,4)(H,5,6). The molecule has 2 aliphatic heterocycles. The van der Waals surface area contributed by atoms with Crippen LogP contribution in [0.2, 0.25) is 0 Å². The summed E-state index contributed by atoms with van der Waals surface area (Å²) in [5.74, 6) is -3.57. The molecule has 2 aliphatic rings. The molecule has 0 atom stereocenters. The number of ether oxygens (including phenoxy) is 1. The molecule has 3 aromatic rings. The molecule has 2 aromatic heterocycles. The summed E-state index contributed by atoms with van der Waals surface area (Å²) in [5, 5.41) is 31.4. The molecule has 0 radical (unpaired) electrons. The summed E-state index contributed by atoms with van der Waals surface area (Å²) in [7, 11) is 1.51. The Bertz CT molecular complexity index is 1540. The van der Waals surface area contributed by atoms with Crippen LogP contribution in [0.5, 0.6) is 5.88 Å². The molecule has 0 spiro atoms. The number of aliphatic hydroxyl groups is 1. The van der Waals surface area contributed by atoms with Gasteiger partial charge in [-0.1, -0.05) is 6.07 Å². The number of rotatable bonds is 6. The number of hydrogen-bond donors (Lipinski definition) is 5. The normalized spacial score (nSPS) is 15.8. The second kappa shape index (κ2) is 12.9.